The lowest BCUT2D eigenvalue weighted by atomic mass is 10.2. The van der Waals surface area contributed by atoms with E-state index in [1.807, 2.05) is 31.2 Å². The molecule has 3 N–H and O–H groups in total. The molecule has 1 aromatic carbocycles. The number of benzene rings is 1. The minimum atomic E-state index is 0.0190. The molecule has 0 aliphatic carbocycles. The number of carbonyl (C=O) groups is 1. The van der Waals surface area contributed by atoms with Crippen LogP contribution >= 0.6 is 0 Å². The summed E-state index contributed by atoms with van der Waals surface area (Å²) in [5.41, 5.74) is 3.35. The van der Waals surface area contributed by atoms with Crippen molar-refractivity contribution in [1.82, 2.24) is 15.2 Å². The Hall–Kier alpha value is -2.48. The molecule has 7 nitrogen and oxygen atoms in total. The van der Waals surface area contributed by atoms with Crippen molar-refractivity contribution in [3.8, 4) is 5.75 Å². The van der Waals surface area contributed by atoms with E-state index >= 15 is 0 Å². The Labute approximate surface area is 165 Å². The largest absolute Gasteiger partial charge is 0.506 e. The van der Waals surface area contributed by atoms with Crippen molar-refractivity contribution in [3.05, 3.63) is 53.3 Å². The standard InChI is InChI=1S/C21H28N4O3/c1-16-5-6-20(26)19(23-16)15-22-14-17-3-2-4-18(13-17)24-21(27)7-8-25-9-11-28-12-10-25/h2-6,13,22,26H,7-12,14-15H2,1H3,(H,24,27). The fraction of sp³-hybridized carbons (Fsp3) is 0.429. The molecule has 0 saturated carbocycles. The SMILES string of the molecule is Cc1ccc(O)c(CNCc2cccc(NC(=O)CCN3CCOCC3)c2)n1. The third-order valence-corrected chi connectivity index (χ3v) is 4.68. The van der Waals surface area contributed by atoms with Gasteiger partial charge in [0.1, 0.15) is 5.75 Å². The van der Waals surface area contributed by atoms with Crippen molar-refractivity contribution in [3.63, 3.8) is 0 Å². The Morgan fingerprint density at radius 2 is 2.04 bits per heavy atom. The molecule has 0 radical (unpaired) electrons. The number of hydrogen-bond donors (Lipinski definition) is 3. The lowest BCUT2D eigenvalue weighted by molar-refractivity contribution is -0.116. The van der Waals surface area contributed by atoms with E-state index in [9.17, 15) is 9.90 Å². The van der Waals surface area contributed by atoms with Crippen molar-refractivity contribution in [2.24, 2.45) is 0 Å². The van der Waals surface area contributed by atoms with Gasteiger partial charge in [0.05, 0.1) is 18.9 Å². The van der Waals surface area contributed by atoms with E-state index in [1.54, 1.807) is 12.1 Å². The van der Waals surface area contributed by atoms with Gasteiger partial charge in [0, 0.05) is 50.5 Å². The average molecular weight is 384 g/mol. The minimum absolute atomic E-state index is 0.0190. The zero-order chi connectivity index (χ0) is 19.8. The van der Waals surface area contributed by atoms with E-state index in [1.165, 1.54) is 0 Å². The van der Waals surface area contributed by atoms with Gasteiger partial charge in [-0.2, -0.15) is 0 Å². The minimum Gasteiger partial charge on any atom is -0.506 e. The van der Waals surface area contributed by atoms with Crippen LogP contribution in [0.4, 0.5) is 5.69 Å². The maximum absolute atomic E-state index is 12.2. The molecule has 3 rings (SSSR count). The number of ether oxygens (including phenoxy) is 1. The van der Waals surface area contributed by atoms with Crippen LogP contribution in [0.3, 0.4) is 0 Å². The molecule has 0 bridgehead atoms. The second-order valence-electron chi connectivity index (χ2n) is 6.97. The van der Waals surface area contributed by atoms with Crippen LogP contribution in [-0.4, -0.2) is 53.7 Å². The third-order valence-electron chi connectivity index (χ3n) is 4.68. The number of carbonyl (C=O) groups excluding carboxylic acids is 1. The summed E-state index contributed by atoms with van der Waals surface area (Å²) in [5, 5.41) is 16.1. The van der Waals surface area contributed by atoms with Crippen molar-refractivity contribution < 1.29 is 14.6 Å². The zero-order valence-corrected chi connectivity index (χ0v) is 16.3. The summed E-state index contributed by atoms with van der Waals surface area (Å²) in [6.07, 6.45) is 0.473. The zero-order valence-electron chi connectivity index (χ0n) is 16.3. The third kappa shape index (κ3) is 6.30. The van der Waals surface area contributed by atoms with Crippen LogP contribution in [0.2, 0.25) is 0 Å². The summed E-state index contributed by atoms with van der Waals surface area (Å²) in [6, 6.07) is 11.2. The number of pyridine rings is 1. The van der Waals surface area contributed by atoms with E-state index in [2.05, 4.69) is 20.5 Å². The smallest absolute Gasteiger partial charge is 0.225 e. The molecule has 0 spiro atoms. The number of amides is 1. The molecule has 1 aromatic heterocycles. The van der Waals surface area contributed by atoms with E-state index in [4.69, 9.17) is 4.74 Å². The molecule has 1 aliphatic heterocycles. The first-order valence-corrected chi connectivity index (χ1v) is 9.65. The van der Waals surface area contributed by atoms with Gasteiger partial charge in [0.15, 0.2) is 0 Å². The molecule has 2 heterocycles. The van der Waals surface area contributed by atoms with Crippen molar-refractivity contribution in [2.75, 3.05) is 38.2 Å². The Morgan fingerprint density at radius 1 is 1.21 bits per heavy atom. The van der Waals surface area contributed by atoms with Gasteiger partial charge >= 0.3 is 0 Å². The predicted octanol–water partition coefficient (Wildman–Crippen LogP) is 2.05. The Morgan fingerprint density at radius 3 is 2.86 bits per heavy atom. The first-order valence-electron chi connectivity index (χ1n) is 9.65. The summed E-state index contributed by atoms with van der Waals surface area (Å²) in [7, 11) is 0. The fourth-order valence-corrected chi connectivity index (χ4v) is 3.13. The molecule has 1 amide bonds. The monoisotopic (exact) mass is 384 g/mol. The van der Waals surface area contributed by atoms with Crippen molar-refractivity contribution in [1.29, 1.82) is 0 Å². The van der Waals surface area contributed by atoms with Crippen LogP contribution in [0.25, 0.3) is 0 Å². The lowest BCUT2D eigenvalue weighted by Crippen LogP contribution is -2.38. The molecule has 7 heteroatoms. The van der Waals surface area contributed by atoms with E-state index < -0.39 is 0 Å². The van der Waals surface area contributed by atoms with Gasteiger partial charge in [0.25, 0.3) is 0 Å². The molecule has 1 aliphatic rings. The molecule has 1 saturated heterocycles. The number of rotatable bonds is 8. The second kappa shape index (κ2) is 10.2. The average Bonchev–Trinajstić information content (AvgIpc) is 2.70. The second-order valence-corrected chi connectivity index (χ2v) is 6.97. The number of anilines is 1. The molecule has 0 unspecified atom stereocenters. The number of hydrogen-bond acceptors (Lipinski definition) is 6. The van der Waals surface area contributed by atoms with Gasteiger partial charge < -0.3 is 20.5 Å². The van der Waals surface area contributed by atoms with Crippen LogP contribution in [0.1, 0.15) is 23.4 Å². The topological polar surface area (TPSA) is 86.7 Å². The Kier molecular flexibility index (Phi) is 7.36. The van der Waals surface area contributed by atoms with Gasteiger partial charge in [0.2, 0.25) is 5.91 Å². The number of aryl methyl sites for hydroxylation is 1. The highest BCUT2D eigenvalue weighted by Gasteiger charge is 2.12. The van der Waals surface area contributed by atoms with Gasteiger partial charge in [-0.1, -0.05) is 12.1 Å². The summed E-state index contributed by atoms with van der Waals surface area (Å²) in [5.74, 6) is 0.213. The van der Waals surface area contributed by atoms with Crippen LogP contribution in [0.15, 0.2) is 36.4 Å². The van der Waals surface area contributed by atoms with Gasteiger partial charge in [-0.25, -0.2) is 0 Å². The summed E-state index contributed by atoms with van der Waals surface area (Å²) in [6.45, 7) is 7.01. The van der Waals surface area contributed by atoms with Crippen LogP contribution < -0.4 is 10.6 Å². The number of aromatic nitrogens is 1. The van der Waals surface area contributed by atoms with Gasteiger partial charge in [-0.15, -0.1) is 0 Å². The van der Waals surface area contributed by atoms with Crippen LogP contribution in [-0.2, 0) is 22.6 Å². The van der Waals surface area contributed by atoms with Crippen LogP contribution in [0, 0.1) is 6.92 Å². The summed E-state index contributed by atoms with van der Waals surface area (Å²) >= 11 is 0. The fourth-order valence-electron chi connectivity index (χ4n) is 3.13. The lowest BCUT2D eigenvalue weighted by Gasteiger charge is -2.26. The Bertz CT molecular complexity index is 791. The summed E-state index contributed by atoms with van der Waals surface area (Å²) < 4.78 is 5.32. The maximum atomic E-state index is 12.2. The maximum Gasteiger partial charge on any atom is 0.225 e. The van der Waals surface area contributed by atoms with E-state index in [0.29, 0.717) is 25.2 Å². The first kappa shape index (κ1) is 20.3. The molecule has 150 valence electrons. The number of nitrogens with zero attached hydrogens (tertiary/aromatic N) is 2. The number of morpholine rings is 1. The highest BCUT2D eigenvalue weighted by Crippen LogP contribution is 2.15. The highest BCUT2D eigenvalue weighted by atomic mass is 16.5. The van der Waals surface area contributed by atoms with Crippen molar-refractivity contribution in [2.45, 2.75) is 26.4 Å². The Balaban J connectivity index is 1.45. The quantitative estimate of drug-likeness (QED) is 0.646. The molecule has 28 heavy (non-hydrogen) atoms. The number of aromatic hydroxyl groups is 1. The first-order chi connectivity index (χ1) is 13.6. The molecule has 0 atom stereocenters. The molecule has 1 fully saturated rings. The molecular formula is C21H28N4O3. The highest BCUT2D eigenvalue weighted by molar-refractivity contribution is 5.90. The van der Waals surface area contributed by atoms with E-state index in [0.717, 1.165) is 49.8 Å². The van der Waals surface area contributed by atoms with E-state index in [-0.39, 0.29) is 11.7 Å². The van der Waals surface area contributed by atoms with Gasteiger partial charge in [-0.05, 0) is 36.8 Å². The molecular weight excluding hydrogens is 356 g/mol. The summed E-state index contributed by atoms with van der Waals surface area (Å²) in [4.78, 5) is 18.8. The van der Waals surface area contributed by atoms with Gasteiger partial charge in [-0.3, -0.25) is 14.7 Å². The van der Waals surface area contributed by atoms with Crippen molar-refractivity contribution >= 4 is 11.6 Å². The predicted molar refractivity (Wildman–Crippen MR) is 108 cm³/mol. The number of nitrogens with one attached hydrogen (secondary N) is 2. The normalized spacial score (nSPS) is 14.8. The molecule has 2 aromatic rings. The van der Waals surface area contributed by atoms with Crippen LogP contribution in [0.5, 0.6) is 5.75 Å².